The van der Waals surface area contributed by atoms with E-state index in [1.807, 2.05) is 6.92 Å². The number of nitrogens with one attached hydrogen (secondary N) is 2. The molecule has 240 valence electrons. The van der Waals surface area contributed by atoms with Gasteiger partial charge in [0.05, 0.1) is 21.9 Å². The van der Waals surface area contributed by atoms with E-state index in [0.717, 1.165) is 36.4 Å². The van der Waals surface area contributed by atoms with Crippen molar-refractivity contribution in [3.05, 3.63) is 69.4 Å². The molecular weight excluding hydrogens is 597 g/mol. The van der Waals surface area contributed by atoms with Gasteiger partial charge in [0.1, 0.15) is 0 Å². The second-order valence-corrected chi connectivity index (χ2v) is 13.8. The number of likely N-dealkylation sites (tertiary alicyclic amines) is 2. The van der Waals surface area contributed by atoms with Crippen LogP contribution in [-0.4, -0.2) is 74.4 Å². The quantitative estimate of drug-likeness (QED) is 0.465. The number of carbonyl (C=O) groups is 3. The van der Waals surface area contributed by atoms with E-state index in [1.54, 1.807) is 11.0 Å². The number of halogens is 3. The molecule has 1 unspecified atom stereocenters. The third kappa shape index (κ3) is 8.52. The fourth-order valence-electron chi connectivity index (χ4n) is 5.95. The fourth-order valence-corrected chi connectivity index (χ4v) is 6.70. The van der Waals surface area contributed by atoms with Crippen molar-refractivity contribution in [2.45, 2.75) is 64.6 Å². The molecule has 2 saturated heterocycles. The maximum absolute atomic E-state index is 13.3. The van der Waals surface area contributed by atoms with E-state index >= 15 is 0 Å². The zero-order valence-corrected chi connectivity index (χ0v) is 26.0. The van der Waals surface area contributed by atoms with E-state index < -0.39 is 27.5 Å². The molecule has 1 atom stereocenters. The third-order valence-electron chi connectivity index (χ3n) is 8.34. The Morgan fingerprint density at radius 2 is 1.77 bits per heavy atom. The van der Waals surface area contributed by atoms with Crippen LogP contribution in [0.5, 0.6) is 0 Å². The Morgan fingerprint density at radius 1 is 1.07 bits per heavy atom. The molecule has 0 saturated carbocycles. The van der Waals surface area contributed by atoms with Gasteiger partial charge in [-0.05, 0) is 74.8 Å². The molecule has 4 rings (SSSR count). The number of rotatable bonds is 7. The molecule has 0 radical (unpaired) electrons. The number of hydrogen-bond donors (Lipinski definition) is 2. The van der Waals surface area contributed by atoms with Crippen LogP contribution in [0.25, 0.3) is 0 Å². The molecule has 1 aromatic rings. The molecule has 9 nitrogen and oxygen atoms in total. The van der Waals surface area contributed by atoms with Gasteiger partial charge >= 0.3 is 6.18 Å². The zero-order chi connectivity index (χ0) is 32.2. The molecular formula is C31H39F3N4O5S. The molecule has 0 spiro atoms. The molecule has 1 aromatic carbocycles. The summed E-state index contributed by atoms with van der Waals surface area (Å²) in [5.74, 6) is -0.740. The van der Waals surface area contributed by atoms with Gasteiger partial charge < -0.3 is 20.4 Å². The number of benzene rings is 1. The molecule has 13 heteroatoms. The number of amides is 3. The molecule has 2 N–H and O–H groups in total. The van der Waals surface area contributed by atoms with E-state index in [0.29, 0.717) is 64.0 Å². The Morgan fingerprint density at radius 3 is 2.39 bits per heavy atom. The van der Waals surface area contributed by atoms with Crippen LogP contribution >= 0.6 is 0 Å². The normalized spacial score (nSPS) is 20.5. The summed E-state index contributed by atoms with van der Waals surface area (Å²) in [4.78, 5) is 41.4. The van der Waals surface area contributed by atoms with E-state index in [9.17, 15) is 36.0 Å². The van der Waals surface area contributed by atoms with Crippen LogP contribution in [0.15, 0.2) is 58.3 Å². The van der Waals surface area contributed by atoms with Crippen LogP contribution in [0.2, 0.25) is 0 Å². The van der Waals surface area contributed by atoms with E-state index in [2.05, 4.69) is 15.5 Å². The van der Waals surface area contributed by atoms with Crippen LogP contribution in [-0.2, 0) is 25.6 Å². The predicted molar refractivity (Wildman–Crippen MR) is 160 cm³/mol. The summed E-state index contributed by atoms with van der Waals surface area (Å²) < 4.78 is 65.1. The first-order valence-corrected chi connectivity index (χ1v) is 16.6. The third-order valence-corrected chi connectivity index (χ3v) is 9.48. The number of allylic oxidation sites excluding steroid dienone is 3. The van der Waals surface area contributed by atoms with Crippen LogP contribution in [0.4, 0.5) is 13.2 Å². The second-order valence-electron chi connectivity index (χ2n) is 11.8. The van der Waals surface area contributed by atoms with Gasteiger partial charge in [-0.1, -0.05) is 12.1 Å². The summed E-state index contributed by atoms with van der Waals surface area (Å²) in [7, 11) is -3.66. The largest absolute Gasteiger partial charge is 0.416 e. The van der Waals surface area contributed by atoms with Crippen molar-refractivity contribution < 1.29 is 36.0 Å². The van der Waals surface area contributed by atoms with Gasteiger partial charge in [-0.3, -0.25) is 14.4 Å². The highest BCUT2D eigenvalue weighted by atomic mass is 32.2. The van der Waals surface area contributed by atoms with Crippen LogP contribution in [0.1, 0.15) is 68.3 Å². The van der Waals surface area contributed by atoms with Crippen LogP contribution in [0, 0.1) is 5.92 Å². The van der Waals surface area contributed by atoms with E-state index in [4.69, 9.17) is 0 Å². The zero-order valence-electron chi connectivity index (χ0n) is 25.2. The summed E-state index contributed by atoms with van der Waals surface area (Å²) >= 11 is 0. The lowest BCUT2D eigenvalue weighted by Gasteiger charge is -2.37. The van der Waals surface area contributed by atoms with Crippen LogP contribution < -0.4 is 10.6 Å². The van der Waals surface area contributed by atoms with Gasteiger partial charge in [0.2, 0.25) is 11.8 Å². The van der Waals surface area contributed by atoms with Crippen molar-refractivity contribution in [2.75, 3.05) is 32.4 Å². The van der Waals surface area contributed by atoms with Crippen LogP contribution in [0.3, 0.4) is 0 Å². The van der Waals surface area contributed by atoms with Crippen molar-refractivity contribution >= 4 is 27.6 Å². The maximum Gasteiger partial charge on any atom is 0.416 e. The number of hydrogen-bond acceptors (Lipinski definition) is 6. The average molecular weight is 637 g/mol. The number of sulfone groups is 1. The van der Waals surface area contributed by atoms with Gasteiger partial charge in [-0.15, -0.1) is 0 Å². The van der Waals surface area contributed by atoms with Gasteiger partial charge in [-0.25, -0.2) is 8.42 Å². The van der Waals surface area contributed by atoms with Gasteiger partial charge in [-0.2, -0.15) is 13.2 Å². The molecule has 3 aliphatic rings. The highest BCUT2D eigenvalue weighted by molar-refractivity contribution is 7.94. The minimum absolute atomic E-state index is 0.00785. The first-order chi connectivity index (χ1) is 20.6. The Bertz CT molecular complexity index is 1490. The van der Waals surface area contributed by atoms with Crippen molar-refractivity contribution in [3.8, 4) is 0 Å². The Labute approximate surface area is 256 Å². The lowest BCUT2D eigenvalue weighted by molar-refractivity contribution is -0.137. The summed E-state index contributed by atoms with van der Waals surface area (Å²) in [6.45, 7) is 5.63. The number of nitrogens with zero attached hydrogens (tertiary/aromatic N) is 2. The lowest BCUT2D eigenvalue weighted by Crippen LogP contribution is -2.41. The highest BCUT2D eigenvalue weighted by Crippen LogP contribution is 2.32. The maximum atomic E-state index is 13.3. The van der Waals surface area contributed by atoms with Crippen molar-refractivity contribution in [3.63, 3.8) is 0 Å². The summed E-state index contributed by atoms with van der Waals surface area (Å²) in [5, 5.41) is 5.75. The summed E-state index contributed by atoms with van der Waals surface area (Å²) in [6, 6.07) is 4.02. The predicted octanol–water partition coefficient (Wildman–Crippen LogP) is 4.15. The Hall–Kier alpha value is -3.61. The molecule has 0 aromatic heterocycles. The highest BCUT2D eigenvalue weighted by Gasteiger charge is 2.32. The SMILES string of the molecule is CC(=O)N1CCC(NC(=O)CC2CCN(C3=C(C)CCC=C(S(C)(=O)=O)C=C3NC(=O)c3cccc(C(F)(F)F)c3)CC2)C1. The molecule has 44 heavy (non-hydrogen) atoms. The molecule has 2 heterocycles. The summed E-state index contributed by atoms with van der Waals surface area (Å²) in [6.07, 6.45) is 2.81. The van der Waals surface area contributed by atoms with Gasteiger partial charge in [0.15, 0.2) is 9.84 Å². The minimum Gasteiger partial charge on any atom is -0.370 e. The molecule has 2 aliphatic heterocycles. The van der Waals surface area contributed by atoms with Crippen molar-refractivity contribution in [2.24, 2.45) is 5.92 Å². The molecule has 2 fully saturated rings. The monoisotopic (exact) mass is 636 g/mol. The number of carbonyl (C=O) groups excluding carboxylic acids is 3. The molecule has 1 aliphatic carbocycles. The van der Waals surface area contributed by atoms with Gasteiger partial charge in [0.25, 0.3) is 5.91 Å². The Kier molecular flexibility index (Phi) is 10.3. The van der Waals surface area contributed by atoms with E-state index in [1.165, 1.54) is 19.1 Å². The number of piperidine rings is 1. The summed E-state index contributed by atoms with van der Waals surface area (Å²) in [5.41, 5.74) is 0.571. The average Bonchev–Trinajstić information content (AvgIpc) is 3.40. The smallest absolute Gasteiger partial charge is 0.370 e. The van der Waals surface area contributed by atoms with Gasteiger partial charge in [0, 0.05) is 57.4 Å². The first-order valence-electron chi connectivity index (χ1n) is 14.7. The fraction of sp³-hybridized carbons (Fsp3) is 0.516. The molecule has 0 bridgehead atoms. The second kappa shape index (κ2) is 13.6. The van der Waals surface area contributed by atoms with E-state index in [-0.39, 0.29) is 39.9 Å². The Balaban J connectivity index is 1.50. The number of alkyl halides is 3. The topological polar surface area (TPSA) is 116 Å². The molecule has 3 amide bonds. The van der Waals surface area contributed by atoms with Crippen molar-refractivity contribution in [1.82, 2.24) is 20.4 Å². The lowest BCUT2D eigenvalue weighted by atomic mass is 9.91. The standard InChI is InChI=1S/C31H39F3N4O5S/c1-20-6-4-9-26(44(3,42)43)18-27(36-30(41)23-7-5-8-24(17-23)31(32,33)34)29(20)37-13-10-22(11-14-37)16-28(40)35-25-12-15-38(19-25)21(2)39/h5,7-9,17-18,22,25H,4,6,10-16,19H2,1-3H3,(H,35,40)(H,36,41). The minimum atomic E-state index is -4.63. The van der Waals surface area contributed by atoms with Crippen molar-refractivity contribution in [1.29, 1.82) is 0 Å². The first kappa shape index (κ1) is 33.3.